The molecule has 1 atom stereocenters. The number of carbonyl (C=O) groups excluding carboxylic acids is 1. The summed E-state index contributed by atoms with van der Waals surface area (Å²) < 4.78 is 5.05. The lowest BCUT2D eigenvalue weighted by atomic mass is 9.88. The summed E-state index contributed by atoms with van der Waals surface area (Å²) in [5.41, 5.74) is 5.35. The summed E-state index contributed by atoms with van der Waals surface area (Å²) in [5, 5.41) is 4.80. The van der Waals surface area contributed by atoms with E-state index in [-0.39, 0.29) is 29.8 Å². The maximum atomic E-state index is 12.0. The zero-order valence-corrected chi connectivity index (χ0v) is 12.8. The summed E-state index contributed by atoms with van der Waals surface area (Å²) in [4.78, 5) is 12.7. The first-order valence-electron chi connectivity index (χ1n) is 5.58. The molecule has 1 rings (SSSR count). The second-order valence-electron chi connectivity index (χ2n) is 4.58. The second kappa shape index (κ2) is 6.97. The van der Waals surface area contributed by atoms with Gasteiger partial charge in [-0.15, -0.1) is 23.7 Å². The van der Waals surface area contributed by atoms with Crippen LogP contribution in [0, 0.1) is 5.92 Å². The number of nitrogens with two attached hydrogens (primary N) is 1. The number of hydrogen-bond donors (Lipinski definition) is 2. The van der Waals surface area contributed by atoms with Gasteiger partial charge in [0.2, 0.25) is 0 Å². The number of amides is 1. The number of hydrogen-bond acceptors (Lipinski definition) is 4. The van der Waals surface area contributed by atoms with Gasteiger partial charge in [-0.3, -0.25) is 4.79 Å². The molecule has 0 aliphatic carbocycles. The Kier molecular flexibility index (Phi) is 6.67. The Morgan fingerprint density at radius 3 is 2.61 bits per heavy atom. The molecule has 1 heterocycles. The summed E-state index contributed by atoms with van der Waals surface area (Å²) in [6, 6.07) is 1.73. The highest BCUT2D eigenvalue weighted by molar-refractivity contribution is 7.12. The van der Waals surface area contributed by atoms with E-state index in [1.807, 2.05) is 26.2 Å². The van der Waals surface area contributed by atoms with E-state index in [9.17, 15) is 4.79 Å². The highest BCUT2D eigenvalue weighted by atomic mass is 35.5. The third-order valence-electron chi connectivity index (χ3n) is 3.13. The highest BCUT2D eigenvalue weighted by Gasteiger charge is 2.29. The predicted octanol–water partition coefficient (Wildman–Crippen LogP) is 2.28. The first-order chi connectivity index (χ1) is 7.92. The molecule has 4 nitrogen and oxygen atoms in total. The number of nitrogens with one attached hydrogen (secondary N) is 1. The average molecular weight is 293 g/mol. The largest absolute Gasteiger partial charge is 0.496 e. The molecule has 6 heteroatoms. The van der Waals surface area contributed by atoms with Gasteiger partial charge in [0.05, 0.1) is 17.5 Å². The number of thiophene rings is 1. The van der Waals surface area contributed by atoms with E-state index in [1.165, 1.54) is 11.3 Å². The second-order valence-corrected chi connectivity index (χ2v) is 5.49. The number of methoxy groups -OCH3 is 1. The van der Waals surface area contributed by atoms with Crippen molar-refractivity contribution in [2.75, 3.05) is 13.7 Å². The van der Waals surface area contributed by atoms with Crippen LogP contribution >= 0.6 is 23.7 Å². The molecule has 0 saturated carbocycles. The molecule has 1 amide bonds. The maximum Gasteiger partial charge on any atom is 0.261 e. The van der Waals surface area contributed by atoms with Crippen LogP contribution < -0.4 is 15.8 Å². The van der Waals surface area contributed by atoms with Crippen molar-refractivity contribution in [1.82, 2.24) is 5.32 Å². The molecule has 1 aromatic heterocycles. The van der Waals surface area contributed by atoms with Gasteiger partial charge in [-0.2, -0.15) is 0 Å². The van der Waals surface area contributed by atoms with E-state index in [4.69, 9.17) is 10.5 Å². The number of carbonyl (C=O) groups is 1. The monoisotopic (exact) mass is 292 g/mol. The lowest BCUT2D eigenvalue weighted by Crippen LogP contribution is -2.54. The predicted molar refractivity (Wildman–Crippen MR) is 77.9 cm³/mol. The summed E-state index contributed by atoms with van der Waals surface area (Å²) in [7, 11) is 1.59. The smallest absolute Gasteiger partial charge is 0.261 e. The molecule has 1 aromatic rings. The van der Waals surface area contributed by atoms with E-state index < -0.39 is 0 Å². The van der Waals surface area contributed by atoms with Crippen LogP contribution in [0.2, 0.25) is 0 Å². The number of rotatable bonds is 5. The maximum absolute atomic E-state index is 12.0. The van der Waals surface area contributed by atoms with Gasteiger partial charge in [0.15, 0.2) is 0 Å². The van der Waals surface area contributed by atoms with Crippen molar-refractivity contribution in [3.8, 4) is 5.75 Å². The van der Waals surface area contributed by atoms with Crippen LogP contribution in [0.3, 0.4) is 0 Å². The topological polar surface area (TPSA) is 64.3 Å². The van der Waals surface area contributed by atoms with E-state index in [2.05, 4.69) is 5.32 Å². The zero-order valence-electron chi connectivity index (χ0n) is 11.1. The molecule has 0 fully saturated rings. The molecule has 0 aromatic carbocycles. The summed E-state index contributed by atoms with van der Waals surface area (Å²) in [6.07, 6.45) is 0. The Labute approximate surface area is 118 Å². The quantitative estimate of drug-likeness (QED) is 0.875. The Morgan fingerprint density at radius 1 is 1.61 bits per heavy atom. The van der Waals surface area contributed by atoms with Gasteiger partial charge in [-0.1, -0.05) is 13.8 Å². The fourth-order valence-electron chi connectivity index (χ4n) is 1.30. The van der Waals surface area contributed by atoms with E-state index in [1.54, 1.807) is 13.2 Å². The SMILES string of the molecule is COc1csc(C(=O)NC(C)(CN)C(C)C)c1.Cl. The Bertz CT molecular complexity index is 395. The van der Waals surface area contributed by atoms with Gasteiger partial charge in [0, 0.05) is 18.0 Å². The highest BCUT2D eigenvalue weighted by Crippen LogP contribution is 2.22. The molecule has 104 valence electrons. The van der Waals surface area contributed by atoms with Crippen molar-refractivity contribution in [2.45, 2.75) is 26.3 Å². The van der Waals surface area contributed by atoms with E-state index >= 15 is 0 Å². The molecule has 0 aliphatic rings. The molecular formula is C12H21ClN2O2S. The molecule has 3 N–H and O–H groups in total. The van der Waals surface area contributed by atoms with Crippen LogP contribution in [-0.4, -0.2) is 25.1 Å². The van der Waals surface area contributed by atoms with Crippen molar-refractivity contribution in [2.24, 2.45) is 11.7 Å². The fourth-order valence-corrected chi connectivity index (χ4v) is 2.05. The standard InChI is InChI=1S/C12H20N2O2S.ClH/c1-8(2)12(3,7-13)14-11(15)10-5-9(16-4)6-17-10;/h5-6,8H,7,13H2,1-4H3,(H,14,15);1H. The van der Waals surface area contributed by atoms with Gasteiger partial charge >= 0.3 is 0 Å². The molecule has 0 radical (unpaired) electrons. The normalized spacial score (nSPS) is 13.7. The van der Waals surface area contributed by atoms with Crippen molar-refractivity contribution in [3.05, 3.63) is 16.3 Å². The van der Waals surface area contributed by atoms with E-state index in [0.717, 1.165) is 0 Å². The summed E-state index contributed by atoms with van der Waals surface area (Å²) in [5.74, 6) is 0.886. The van der Waals surface area contributed by atoms with Crippen molar-refractivity contribution in [3.63, 3.8) is 0 Å². The van der Waals surface area contributed by atoms with Gasteiger partial charge in [0.1, 0.15) is 5.75 Å². The lowest BCUT2D eigenvalue weighted by Gasteiger charge is -2.33. The number of halogens is 1. The minimum atomic E-state index is -0.381. The van der Waals surface area contributed by atoms with Crippen LogP contribution in [0.5, 0.6) is 5.75 Å². The van der Waals surface area contributed by atoms with Gasteiger partial charge < -0.3 is 15.8 Å². The summed E-state index contributed by atoms with van der Waals surface area (Å²) >= 11 is 1.37. The number of ether oxygens (including phenoxy) is 1. The van der Waals surface area contributed by atoms with Crippen molar-refractivity contribution >= 4 is 29.7 Å². The van der Waals surface area contributed by atoms with Gasteiger partial charge in [-0.05, 0) is 12.8 Å². The van der Waals surface area contributed by atoms with Crippen LogP contribution in [-0.2, 0) is 0 Å². The first-order valence-corrected chi connectivity index (χ1v) is 6.46. The fraction of sp³-hybridized carbons (Fsp3) is 0.583. The van der Waals surface area contributed by atoms with Crippen LogP contribution in [0.1, 0.15) is 30.4 Å². The minimum Gasteiger partial charge on any atom is -0.496 e. The van der Waals surface area contributed by atoms with Crippen LogP contribution in [0.15, 0.2) is 11.4 Å². The first kappa shape index (κ1) is 17.2. The Balaban J connectivity index is 0.00000289. The Hall–Kier alpha value is -0.780. The molecule has 1 unspecified atom stereocenters. The molecule has 0 bridgehead atoms. The van der Waals surface area contributed by atoms with E-state index in [0.29, 0.717) is 17.2 Å². The summed E-state index contributed by atoms with van der Waals surface area (Å²) in [6.45, 7) is 6.46. The molecule has 0 saturated heterocycles. The third kappa shape index (κ3) is 3.86. The third-order valence-corrected chi connectivity index (χ3v) is 4.04. The van der Waals surface area contributed by atoms with Crippen molar-refractivity contribution < 1.29 is 9.53 Å². The van der Waals surface area contributed by atoms with Crippen LogP contribution in [0.25, 0.3) is 0 Å². The van der Waals surface area contributed by atoms with Crippen LogP contribution in [0.4, 0.5) is 0 Å². The van der Waals surface area contributed by atoms with Crippen molar-refractivity contribution in [1.29, 1.82) is 0 Å². The van der Waals surface area contributed by atoms with Gasteiger partial charge in [-0.25, -0.2) is 0 Å². The Morgan fingerprint density at radius 2 is 2.22 bits per heavy atom. The molecule has 18 heavy (non-hydrogen) atoms. The molecule has 0 spiro atoms. The lowest BCUT2D eigenvalue weighted by molar-refractivity contribution is 0.0887. The minimum absolute atomic E-state index is 0. The molecule has 0 aliphatic heterocycles. The zero-order chi connectivity index (χ0) is 13.1. The van der Waals surface area contributed by atoms with Gasteiger partial charge in [0.25, 0.3) is 5.91 Å². The average Bonchev–Trinajstić information content (AvgIpc) is 2.77. The molecular weight excluding hydrogens is 272 g/mol.